The van der Waals surface area contributed by atoms with Crippen molar-refractivity contribution in [3.63, 3.8) is 0 Å². The Morgan fingerprint density at radius 1 is 1.47 bits per heavy atom. The molecule has 1 aliphatic rings. The van der Waals surface area contributed by atoms with E-state index in [4.69, 9.17) is 4.74 Å². The molecule has 0 amide bonds. The number of hydrogen-bond donors (Lipinski definition) is 1. The zero-order chi connectivity index (χ0) is 13.7. The summed E-state index contributed by atoms with van der Waals surface area (Å²) in [5, 5.41) is 3.43. The minimum absolute atomic E-state index is 0.757. The fourth-order valence-corrected chi connectivity index (χ4v) is 2.88. The quantitative estimate of drug-likeness (QED) is 0.813. The zero-order valence-electron chi connectivity index (χ0n) is 11.8. The molecule has 0 aliphatic carbocycles. The van der Waals surface area contributed by atoms with Gasteiger partial charge < -0.3 is 15.0 Å². The minimum atomic E-state index is 0.757. The van der Waals surface area contributed by atoms with Crippen LogP contribution in [0.5, 0.6) is 0 Å². The summed E-state index contributed by atoms with van der Waals surface area (Å²) < 4.78 is 6.22. The summed E-state index contributed by atoms with van der Waals surface area (Å²) in [5.74, 6) is 0.799. The van der Waals surface area contributed by atoms with Gasteiger partial charge in [0, 0.05) is 43.4 Å². The van der Waals surface area contributed by atoms with E-state index in [0.29, 0.717) is 0 Å². The van der Waals surface area contributed by atoms with Gasteiger partial charge in [0.25, 0.3) is 0 Å². The molecule has 1 atom stereocenters. The summed E-state index contributed by atoms with van der Waals surface area (Å²) in [6, 6.07) is 6.57. The van der Waals surface area contributed by atoms with Gasteiger partial charge in [0.2, 0.25) is 0 Å². The lowest BCUT2D eigenvalue weighted by atomic mass is 10.1. The number of methoxy groups -OCH3 is 1. The molecular weight excluding hydrogens is 304 g/mol. The third-order valence-corrected chi connectivity index (χ3v) is 4.10. The Morgan fingerprint density at radius 3 is 3.00 bits per heavy atom. The predicted molar refractivity (Wildman–Crippen MR) is 83.7 cm³/mol. The van der Waals surface area contributed by atoms with E-state index in [2.05, 4.69) is 51.3 Å². The molecule has 1 aromatic rings. The van der Waals surface area contributed by atoms with Crippen molar-refractivity contribution < 1.29 is 4.74 Å². The molecule has 1 N–H and O–H groups in total. The van der Waals surface area contributed by atoms with E-state index < -0.39 is 0 Å². The monoisotopic (exact) mass is 326 g/mol. The summed E-state index contributed by atoms with van der Waals surface area (Å²) in [5.41, 5.74) is 2.73. The molecule has 1 saturated heterocycles. The van der Waals surface area contributed by atoms with Crippen molar-refractivity contribution in [3.8, 4) is 0 Å². The van der Waals surface area contributed by atoms with E-state index in [-0.39, 0.29) is 0 Å². The van der Waals surface area contributed by atoms with Gasteiger partial charge in [-0.05, 0) is 30.0 Å². The second-order valence-electron chi connectivity index (χ2n) is 5.28. The van der Waals surface area contributed by atoms with E-state index in [1.54, 1.807) is 7.11 Å². The van der Waals surface area contributed by atoms with Crippen LogP contribution in [-0.2, 0) is 11.3 Å². The maximum Gasteiger partial charge on any atom is 0.0587 e. The lowest BCUT2D eigenvalue weighted by molar-refractivity contribution is 0.199. The smallest absolute Gasteiger partial charge is 0.0587 e. The van der Waals surface area contributed by atoms with Crippen molar-refractivity contribution in [2.75, 3.05) is 38.3 Å². The number of ether oxygens (including phenoxy) is 1. The van der Waals surface area contributed by atoms with E-state index >= 15 is 0 Å². The van der Waals surface area contributed by atoms with Crippen LogP contribution in [0.3, 0.4) is 0 Å². The van der Waals surface area contributed by atoms with Crippen LogP contribution in [0.15, 0.2) is 22.7 Å². The van der Waals surface area contributed by atoms with Crippen LogP contribution >= 0.6 is 15.9 Å². The minimum Gasteiger partial charge on any atom is -0.383 e. The first-order chi connectivity index (χ1) is 9.20. The Balaban J connectivity index is 2.05. The highest BCUT2D eigenvalue weighted by molar-refractivity contribution is 9.10. The van der Waals surface area contributed by atoms with Gasteiger partial charge in [0.1, 0.15) is 0 Å². The number of halogens is 1. The molecule has 4 heteroatoms. The van der Waals surface area contributed by atoms with Crippen LogP contribution in [0.4, 0.5) is 5.69 Å². The SMILES string of the molecule is COCCNCc1ccc(Br)cc1N1CCC(C)C1. The predicted octanol–water partition coefficient (Wildman–Crippen LogP) is 3.03. The lowest BCUT2D eigenvalue weighted by Gasteiger charge is -2.22. The molecule has 106 valence electrons. The Morgan fingerprint density at radius 2 is 2.32 bits per heavy atom. The molecule has 1 unspecified atom stereocenters. The number of hydrogen-bond acceptors (Lipinski definition) is 3. The lowest BCUT2D eigenvalue weighted by Crippen LogP contribution is -2.24. The molecule has 2 rings (SSSR count). The first-order valence-electron chi connectivity index (χ1n) is 6.93. The van der Waals surface area contributed by atoms with Crippen LogP contribution < -0.4 is 10.2 Å². The second kappa shape index (κ2) is 7.27. The van der Waals surface area contributed by atoms with Crippen LogP contribution in [0, 0.1) is 5.92 Å². The number of benzene rings is 1. The van der Waals surface area contributed by atoms with Gasteiger partial charge in [-0.2, -0.15) is 0 Å². The number of nitrogens with one attached hydrogen (secondary N) is 1. The summed E-state index contributed by atoms with van der Waals surface area (Å²) in [4.78, 5) is 2.50. The van der Waals surface area contributed by atoms with Crippen LogP contribution in [0.25, 0.3) is 0 Å². The Hall–Kier alpha value is -0.580. The number of rotatable bonds is 6. The topological polar surface area (TPSA) is 24.5 Å². The van der Waals surface area contributed by atoms with Crippen LogP contribution in [0.2, 0.25) is 0 Å². The summed E-state index contributed by atoms with van der Waals surface area (Å²) in [6.07, 6.45) is 1.29. The Labute approximate surface area is 124 Å². The van der Waals surface area contributed by atoms with Gasteiger partial charge >= 0.3 is 0 Å². The van der Waals surface area contributed by atoms with E-state index in [1.165, 1.54) is 30.8 Å². The van der Waals surface area contributed by atoms with E-state index in [0.717, 1.165) is 30.1 Å². The highest BCUT2D eigenvalue weighted by Crippen LogP contribution is 2.29. The molecule has 0 aromatic heterocycles. The Bertz CT molecular complexity index is 411. The molecule has 1 aromatic carbocycles. The molecule has 3 nitrogen and oxygen atoms in total. The molecule has 0 bridgehead atoms. The normalized spacial score (nSPS) is 19.1. The highest BCUT2D eigenvalue weighted by atomic mass is 79.9. The standard InChI is InChI=1S/C15H23BrN2O/c1-12-5-7-18(11-12)15-9-14(16)4-3-13(15)10-17-6-8-19-2/h3-4,9,12,17H,5-8,10-11H2,1-2H3. The molecule has 1 fully saturated rings. The average Bonchev–Trinajstić information content (AvgIpc) is 2.82. The molecule has 19 heavy (non-hydrogen) atoms. The third-order valence-electron chi connectivity index (χ3n) is 3.61. The molecule has 0 radical (unpaired) electrons. The summed E-state index contributed by atoms with van der Waals surface area (Å²) in [7, 11) is 1.73. The molecule has 0 spiro atoms. The van der Waals surface area contributed by atoms with Crippen molar-refractivity contribution in [1.29, 1.82) is 0 Å². The van der Waals surface area contributed by atoms with Crippen molar-refractivity contribution in [3.05, 3.63) is 28.2 Å². The zero-order valence-corrected chi connectivity index (χ0v) is 13.4. The van der Waals surface area contributed by atoms with Crippen molar-refractivity contribution in [2.45, 2.75) is 19.9 Å². The fourth-order valence-electron chi connectivity index (χ4n) is 2.53. The van der Waals surface area contributed by atoms with E-state index in [1.807, 2.05) is 0 Å². The van der Waals surface area contributed by atoms with Crippen LogP contribution in [-0.4, -0.2) is 33.4 Å². The highest BCUT2D eigenvalue weighted by Gasteiger charge is 2.21. The second-order valence-corrected chi connectivity index (χ2v) is 6.20. The first kappa shape index (κ1) is 14.8. The van der Waals surface area contributed by atoms with Crippen molar-refractivity contribution in [1.82, 2.24) is 5.32 Å². The average molecular weight is 327 g/mol. The largest absolute Gasteiger partial charge is 0.383 e. The Kier molecular flexibility index (Phi) is 5.67. The maximum atomic E-state index is 5.06. The fraction of sp³-hybridized carbons (Fsp3) is 0.600. The van der Waals surface area contributed by atoms with Gasteiger partial charge in [-0.15, -0.1) is 0 Å². The van der Waals surface area contributed by atoms with Gasteiger partial charge in [0.05, 0.1) is 6.61 Å². The van der Waals surface area contributed by atoms with Gasteiger partial charge in [-0.1, -0.05) is 28.9 Å². The van der Waals surface area contributed by atoms with Gasteiger partial charge in [-0.3, -0.25) is 0 Å². The molecular formula is C15H23BrN2O. The maximum absolute atomic E-state index is 5.06. The molecule has 1 heterocycles. The number of nitrogens with zero attached hydrogens (tertiary/aromatic N) is 1. The molecule has 1 aliphatic heterocycles. The van der Waals surface area contributed by atoms with E-state index in [9.17, 15) is 0 Å². The van der Waals surface area contributed by atoms with Gasteiger partial charge in [0.15, 0.2) is 0 Å². The van der Waals surface area contributed by atoms with Crippen molar-refractivity contribution in [2.24, 2.45) is 5.92 Å². The first-order valence-corrected chi connectivity index (χ1v) is 7.73. The summed E-state index contributed by atoms with van der Waals surface area (Å²) >= 11 is 3.58. The summed E-state index contributed by atoms with van der Waals surface area (Å²) in [6.45, 7) is 7.21. The molecule has 0 saturated carbocycles. The van der Waals surface area contributed by atoms with Crippen LogP contribution in [0.1, 0.15) is 18.9 Å². The third kappa shape index (κ3) is 4.20. The number of anilines is 1. The van der Waals surface area contributed by atoms with Crippen molar-refractivity contribution >= 4 is 21.6 Å². The van der Waals surface area contributed by atoms with Gasteiger partial charge in [-0.25, -0.2) is 0 Å².